The minimum atomic E-state index is -0.430. The number of nitrogens with zero attached hydrogens (tertiary/aromatic N) is 6. The van der Waals surface area contributed by atoms with Crippen molar-refractivity contribution in [1.82, 2.24) is 24.3 Å². The molecule has 12 nitrogen and oxygen atoms in total. The van der Waals surface area contributed by atoms with E-state index in [1.165, 1.54) is 5.56 Å². The first-order valence-corrected chi connectivity index (χ1v) is 22.4. The molecule has 2 aromatic heterocycles. The fraction of sp³-hybridized carbons (Fsp3) is 0.308. The average Bonchev–Trinajstić information content (AvgIpc) is 3.72. The zero-order valence-electron chi connectivity index (χ0n) is 36.1. The Hall–Kier alpha value is -6.76. The summed E-state index contributed by atoms with van der Waals surface area (Å²) in [6.45, 7) is 7.60. The third kappa shape index (κ3) is 8.26. The molecule has 1 atom stereocenters. The normalized spacial score (nSPS) is 17.2. The first-order chi connectivity index (χ1) is 31.3. The third-order valence-electron chi connectivity index (χ3n) is 13.2. The van der Waals surface area contributed by atoms with E-state index in [9.17, 15) is 9.90 Å². The van der Waals surface area contributed by atoms with Crippen LogP contribution in [0.2, 0.25) is 0 Å². The number of rotatable bonds is 8. The second-order valence-electron chi connectivity index (χ2n) is 17.4. The first-order valence-electron chi connectivity index (χ1n) is 22.4. The molecule has 1 fully saturated rings. The molecular weight excluding hydrogens is 805 g/mol. The van der Waals surface area contributed by atoms with E-state index in [0.717, 1.165) is 78.1 Å². The summed E-state index contributed by atoms with van der Waals surface area (Å²) in [7, 11) is 0. The minimum absolute atomic E-state index is 0.0772. The van der Waals surface area contributed by atoms with Crippen LogP contribution in [-0.4, -0.2) is 92.7 Å². The number of fused-ring (bicyclic) bond motifs is 3. The quantitative estimate of drug-likeness (QED) is 0.162. The molecule has 3 amide bonds. The number of aromatic nitrogens is 2. The van der Waals surface area contributed by atoms with Crippen LogP contribution in [-0.2, 0) is 43.6 Å². The topological polar surface area (TPSA) is 121 Å². The monoisotopic (exact) mass is 856 g/mol. The highest BCUT2D eigenvalue weighted by Gasteiger charge is 2.36. The molecular formula is C52H52N6O6. The largest absolute Gasteiger partial charge is 0.508 e. The van der Waals surface area contributed by atoms with E-state index in [-0.39, 0.29) is 23.6 Å². The van der Waals surface area contributed by atoms with Crippen molar-refractivity contribution >= 4 is 29.3 Å². The van der Waals surface area contributed by atoms with Gasteiger partial charge < -0.3 is 28.9 Å². The number of morpholine rings is 1. The molecule has 4 aliphatic heterocycles. The Morgan fingerprint density at radius 2 is 1.52 bits per heavy atom. The fourth-order valence-electron chi connectivity index (χ4n) is 9.83. The Labute approximate surface area is 373 Å². The van der Waals surface area contributed by atoms with E-state index in [2.05, 4.69) is 43.6 Å². The van der Waals surface area contributed by atoms with E-state index in [4.69, 9.17) is 9.47 Å². The number of anilines is 2. The highest BCUT2D eigenvalue weighted by Crippen LogP contribution is 2.39. The number of pyridine rings is 1. The molecule has 10 rings (SSSR count). The van der Waals surface area contributed by atoms with E-state index in [0.29, 0.717) is 80.5 Å². The Balaban J connectivity index is 1.08. The van der Waals surface area contributed by atoms with Gasteiger partial charge in [-0.2, -0.15) is 0 Å². The van der Waals surface area contributed by atoms with Gasteiger partial charge in [-0.05, 0) is 128 Å². The zero-order chi connectivity index (χ0) is 43.7. The van der Waals surface area contributed by atoms with Gasteiger partial charge in [0.1, 0.15) is 11.5 Å². The van der Waals surface area contributed by atoms with E-state index in [1.54, 1.807) is 70.7 Å². The van der Waals surface area contributed by atoms with Crippen molar-refractivity contribution in [2.24, 2.45) is 0 Å². The van der Waals surface area contributed by atoms with Gasteiger partial charge in [0.15, 0.2) is 0 Å². The average molecular weight is 857 g/mol. The molecule has 0 unspecified atom stereocenters. The van der Waals surface area contributed by atoms with Crippen LogP contribution in [0.1, 0.15) is 67.1 Å². The number of amides is 3. The molecule has 0 aliphatic carbocycles. The van der Waals surface area contributed by atoms with Crippen molar-refractivity contribution in [3.8, 4) is 22.8 Å². The predicted molar refractivity (Wildman–Crippen MR) is 244 cm³/mol. The van der Waals surface area contributed by atoms with Gasteiger partial charge in [0, 0.05) is 92.5 Å². The third-order valence-corrected chi connectivity index (χ3v) is 13.2. The van der Waals surface area contributed by atoms with Crippen molar-refractivity contribution in [3.05, 3.63) is 160 Å². The van der Waals surface area contributed by atoms with Gasteiger partial charge in [-0.25, -0.2) is 4.79 Å². The molecule has 0 radical (unpaired) electrons. The van der Waals surface area contributed by atoms with E-state index < -0.39 is 6.09 Å². The molecule has 12 heteroatoms. The molecule has 4 aliphatic rings. The van der Waals surface area contributed by atoms with Gasteiger partial charge in [-0.15, -0.1) is 0 Å². The second kappa shape index (κ2) is 17.8. The fourth-order valence-corrected chi connectivity index (χ4v) is 9.83. The molecule has 64 heavy (non-hydrogen) atoms. The lowest BCUT2D eigenvalue weighted by atomic mass is 9.89. The molecule has 1 N–H and O–H groups in total. The maximum Gasteiger partial charge on any atom is 0.415 e. The van der Waals surface area contributed by atoms with Crippen molar-refractivity contribution in [2.75, 3.05) is 44.3 Å². The summed E-state index contributed by atoms with van der Waals surface area (Å²) in [6.07, 6.45) is 6.78. The van der Waals surface area contributed by atoms with Gasteiger partial charge in [-0.3, -0.25) is 24.4 Å². The number of benzene rings is 4. The second-order valence-corrected chi connectivity index (χ2v) is 17.4. The number of phenolic OH excluding ortho intramolecular Hbond substituents is 1. The van der Waals surface area contributed by atoms with Crippen LogP contribution >= 0.6 is 0 Å². The molecule has 0 spiro atoms. The maximum atomic E-state index is 15.7. The molecule has 0 saturated carbocycles. The Kier molecular flexibility index (Phi) is 11.5. The first kappa shape index (κ1) is 41.3. The summed E-state index contributed by atoms with van der Waals surface area (Å²) in [5.41, 5.74) is 10.3. The lowest BCUT2D eigenvalue weighted by Gasteiger charge is -2.41. The number of ether oxygens (including phenoxy) is 2. The molecule has 1 saturated heterocycles. The Morgan fingerprint density at radius 1 is 0.766 bits per heavy atom. The van der Waals surface area contributed by atoms with Gasteiger partial charge in [0.25, 0.3) is 11.8 Å². The van der Waals surface area contributed by atoms with E-state index >= 15 is 9.59 Å². The van der Waals surface area contributed by atoms with Crippen molar-refractivity contribution in [3.63, 3.8) is 0 Å². The van der Waals surface area contributed by atoms with Gasteiger partial charge in [0.05, 0.1) is 24.5 Å². The Morgan fingerprint density at radius 3 is 2.30 bits per heavy atom. The number of hydrogen-bond acceptors (Lipinski definition) is 8. The summed E-state index contributed by atoms with van der Waals surface area (Å²) >= 11 is 0. The van der Waals surface area contributed by atoms with Crippen LogP contribution < -0.4 is 9.64 Å². The number of carbonyl (C=O) groups excluding carboxylic acids is 3. The number of aromatic hydroxyl groups is 1. The Bertz CT molecular complexity index is 2690. The summed E-state index contributed by atoms with van der Waals surface area (Å²) in [5, 5.41) is 10.2. The summed E-state index contributed by atoms with van der Waals surface area (Å²) < 4.78 is 13.8. The lowest BCUT2D eigenvalue weighted by molar-refractivity contribution is 0.0193. The van der Waals surface area contributed by atoms with Crippen molar-refractivity contribution in [2.45, 2.75) is 64.7 Å². The van der Waals surface area contributed by atoms with Crippen LogP contribution in [0.25, 0.3) is 11.3 Å². The molecule has 6 heterocycles. The van der Waals surface area contributed by atoms with Gasteiger partial charge >= 0.3 is 6.09 Å². The molecule has 4 aromatic carbocycles. The number of hydrogen-bond donors (Lipinski definition) is 1. The van der Waals surface area contributed by atoms with Crippen LogP contribution in [0.4, 0.5) is 16.2 Å². The lowest BCUT2D eigenvalue weighted by Crippen LogP contribution is -2.52. The maximum absolute atomic E-state index is 15.7. The molecule has 6 aromatic rings. The summed E-state index contributed by atoms with van der Waals surface area (Å²) in [6, 6.07) is 32.2. The molecule has 0 bridgehead atoms. The van der Waals surface area contributed by atoms with E-state index in [1.807, 2.05) is 37.3 Å². The number of phenols is 1. The summed E-state index contributed by atoms with van der Waals surface area (Å²) in [4.78, 5) is 56.5. The van der Waals surface area contributed by atoms with Gasteiger partial charge in [-0.1, -0.05) is 42.0 Å². The van der Waals surface area contributed by atoms with Crippen LogP contribution in [0.3, 0.4) is 0 Å². The SMILES string of the molecule is Cc1ccc(OC(=O)N2CCc3cc(-c4cc(C(=O)N(c5ccncc5)c5ccc(O)cc5)c5n4CCCC5)c(C(=O)N4Cc5ccccc5C[C@H]4CN4CCOCC4)cc3C2)cc1. The highest BCUT2D eigenvalue weighted by atomic mass is 16.6. The summed E-state index contributed by atoms with van der Waals surface area (Å²) in [5.74, 6) is 0.308. The van der Waals surface area contributed by atoms with Crippen LogP contribution in [0.15, 0.2) is 116 Å². The van der Waals surface area contributed by atoms with Gasteiger partial charge in [0.2, 0.25) is 0 Å². The van der Waals surface area contributed by atoms with Crippen molar-refractivity contribution < 1.29 is 29.0 Å². The number of carbonyl (C=O) groups is 3. The number of aryl methyl sites for hydroxylation is 1. The predicted octanol–water partition coefficient (Wildman–Crippen LogP) is 8.34. The molecule has 326 valence electrons. The minimum Gasteiger partial charge on any atom is -0.508 e. The van der Waals surface area contributed by atoms with Crippen LogP contribution in [0, 0.1) is 6.92 Å². The smallest absolute Gasteiger partial charge is 0.415 e. The van der Waals surface area contributed by atoms with Crippen molar-refractivity contribution in [1.29, 1.82) is 0 Å². The zero-order valence-corrected chi connectivity index (χ0v) is 36.1. The van der Waals surface area contributed by atoms with Crippen LogP contribution in [0.5, 0.6) is 11.5 Å². The standard InChI is InChI=1S/C52H52N6O6/c1-35-9-15-44(16-10-35)64-52(62)55-23-19-37-29-45(46(30-39(37)32-55)50(60)57-33-38-7-3-2-6-36(38)28-42(57)34-54-24-26-63-27-25-54)49-31-47(48-8-4-5-22-56(48)49)51(61)58(41-17-20-53-21-18-41)40-11-13-43(59)14-12-40/h2-3,6-7,9-18,20-21,29-31,42,59H,4-5,8,19,22-28,32-34H2,1H3/t42-/m0/s1. The highest BCUT2D eigenvalue weighted by molar-refractivity contribution is 6.12.